The molecule has 0 bridgehead atoms. The lowest BCUT2D eigenvalue weighted by Gasteiger charge is -2.36. The number of hydrogen-bond acceptors (Lipinski definition) is 5. The van der Waals surface area contributed by atoms with Gasteiger partial charge in [-0.15, -0.1) is 0 Å². The van der Waals surface area contributed by atoms with E-state index in [9.17, 15) is 19.5 Å². The number of rotatable bonds is 12. The summed E-state index contributed by atoms with van der Waals surface area (Å²) in [6.07, 6.45) is 7.21. The summed E-state index contributed by atoms with van der Waals surface area (Å²) in [5, 5.41) is 16.0. The van der Waals surface area contributed by atoms with E-state index in [0.29, 0.717) is 18.5 Å². The first-order valence-electron chi connectivity index (χ1n) is 15.0. The number of phenols is 1. The van der Waals surface area contributed by atoms with Crippen LogP contribution in [0.4, 0.5) is 4.79 Å². The molecule has 0 radical (unpaired) electrons. The molecule has 2 aromatic rings. The van der Waals surface area contributed by atoms with Gasteiger partial charge in [0.25, 0.3) is 0 Å². The van der Waals surface area contributed by atoms with Gasteiger partial charge in [-0.3, -0.25) is 9.59 Å². The fourth-order valence-corrected chi connectivity index (χ4v) is 5.26. The van der Waals surface area contributed by atoms with Gasteiger partial charge in [0.05, 0.1) is 0 Å². The number of amides is 3. The van der Waals surface area contributed by atoms with Crippen molar-refractivity contribution in [3.63, 3.8) is 0 Å². The Hall–Kier alpha value is -3.55. The minimum atomic E-state index is -0.948. The predicted octanol–water partition coefficient (Wildman–Crippen LogP) is 6.04. The van der Waals surface area contributed by atoms with E-state index in [1.807, 2.05) is 30.3 Å². The minimum absolute atomic E-state index is 0.0588. The van der Waals surface area contributed by atoms with Gasteiger partial charge >= 0.3 is 6.09 Å². The van der Waals surface area contributed by atoms with Gasteiger partial charge in [0.15, 0.2) is 0 Å². The number of phenolic OH excluding ortho intramolecular Hbond substituents is 1. The van der Waals surface area contributed by atoms with E-state index in [0.717, 1.165) is 50.5 Å². The van der Waals surface area contributed by atoms with Crippen molar-refractivity contribution >= 4 is 17.9 Å². The van der Waals surface area contributed by atoms with Crippen LogP contribution >= 0.6 is 0 Å². The number of ether oxygens (including phenoxy) is 1. The largest absolute Gasteiger partial charge is 0.508 e. The zero-order valence-electron chi connectivity index (χ0n) is 25.0. The smallest absolute Gasteiger partial charge is 0.408 e. The lowest BCUT2D eigenvalue weighted by molar-refractivity contribution is -0.143. The average Bonchev–Trinajstić information content (AvgIpc) is 2.93. The lowest BCUT2D eigenvalue weighted by Crippen LogP contribution is -2.54. The molecule has 3 rings (SSSR count). The molecule has 0 aliphatic heterocycles. The number of carbonyl (C=O) groups is 3. The van der Waals surface area contributed by atoms with Crippen LogP contribution in [0.15, 0.2) is 54.6 Å². The Morgan fingerprint density at radius 2 is 1.63 bits per heavy atom. The Labute approximate surface area is 244 Å². The third-order valence-corrected chi connectivity index (χ3v) is 7.28. The summed E-state index contributed by atoms with van der Waals surface area (Å²) >= 11 is 0. The Morgan fingerprint density at radius 1 is 0.976 bits per heavy atom. The SMILES string of the molecule is CCCCCN(C(=O)C(Cc1ccccc1)NC(=O)OC(C)(C)C)C(C(=O)NC1CCCCC1)c1ccc(O)cc1. The first kappa shape index (κ1) is 32.0. The number of alkyl carbamates (subject to hydrolysis) is 1. The Kier molecular flexibility index (Phi) is 12.0. The molecule has 2 aromatic carbocycles. The molecule has 2 unspecified atom stereocenters. The van der Waals surface area contributed by atoms with Crippen molar-refractivity contribution in [1.82, 2.24) is 15.5 Å². The van der Waals surface area contributed by atoms with E-state index in [1.165, 1.54) is 12.1 Å². The quantitative estimate of drug-likeness (QED) is 0.272. The first-order chi connectivity index (χ1) is 19.6. The number of hydrogen-bond donors (Lipinski definition) is 3. The molecule has 1 aliphatic carbocycles. The third kappa shape index (κ3) is 10.4. The van der Waals surface area contributed by atoms with Crippen LogP contribution in [0.1, 0.15) is 96.2 Å². The van der Waals surface area contributed by atoms with E-state index < -0.39 is 23.8 Å². The fourth-order valence-electron chi connectivity index (χ4n) is 5.26. The van der Waals surface area contributed by atoms with Crippen molar-refractivity contribution in [2.45, 2.75) is 109 Å². The van der Waals surface area contributed by atoms with Gasteiger partial charge in [-0.2, -0.15) is 0 Å². The second-order valence-electron chi connectivity index (χ2n) is 12.0. The van der Waals surface area contributed by atoms with Crippen molar-refractivity contribution in [2.75, 3.05) is 6.54 Å². The molecule has 0 saturated heterocycles. The Morgan fingerprint density at radius 3 is 2.24 bits per heavy atom. The Bertz CT molecular complexity index is 1110. The van der Waals surface area contributed by atoms with Gasteiger partial charge in [0, 0.05) is 19.0 Å². The molecular weight excluding hydrogens is 518 g/mol. The van der Waals surface area contributed by atoms with Crippen molar-refractivity contribution in [3.05, 3.63) is 65.7 Å². The molecule has 224 valence electrons. The van der Waals surface area contributed by atoms with Crippen molar-refractivity contribution in [2.24, 2.45) is 0 Å². The normalized spacial score (nSPS) is 15.4. The van der Waals surface area contributed by atoms with E-state index in [2.05, 4.69) is 17.6 Å². The summed E-state index contributed by atoms with van der Waals surface area (Å²) in [5.74, 6) is -0.520. The molecule has 8 heteroatoms. The molecule has 8 nitrogen and oxygen atoms in total. The van der Waals surface area contributed by atoms with E-state index in [-0.39, 0.29) is 30.0 Å². The van der Waals surface area contributed by atoms with E-state index in [4.69, 9.17) is 4.74 Å². The number of nitrogens with zero attached hydrogens (tertiary/aromatic N) is 1. The second-order valence-corrected chi connectivity index (χ2v) is 12.0. The topological polar surface area (TPSA) is 108 Å². The standard InChI is InChI=1S/C33H47N3O5/c1-5-6-13-22-36(29(25-18-20-27(37)21-19-25)30(38)34-26-16-11-8-12-17-26)31(39)28(23-24-14-9-7-10-15-24)35-32(40)41-33(2,3)4/h7,9-10,14-15,18-21,26,28-29,37H,5-6,8,11-13,16-17,22-23H2,1-4H3,(H,34,38)(H,35,40). The average molecular weight is 566 g/mol. The molecule has 0 heterocycles. The van der Waals surface area contributed by atoms with Crippen molar-refractivity contribution in [1.29, 1.82) is 0 Å². The fraction of sp³-hybridized carbons (Fsp3) is 0.545. The van der Waals surface area contributed by atoms with Gasteiger partial charge in [-0.05, 0) is 63.3 Å². The molecular formula is C33H47N3O5. The number of unbranched alkanes of at least 4 members (excludes halogenated alkanes) is 2. The summed E-state index contributed by atoms with van der Waals surface area (Å²) in [5.41, 5.74) is 0.750. The second kappa shape index (κ2) is 15.5. The summed E-state index contributed by atoms with van der Waals surface area (Å²) in [7, 11) is 0. The van der Waals surface area contributed by atoms with Gasteiger partial charge in [0.2, 0.25) is 11.8 Å². The highest BCUT2D eigenvalue weighted by atomic mass is 16.6. The van der Waals surface area contributed by atoms with E-state index >= 15 is 0 Å². The molecule has 1 fully saturated rings. The minimum Gasteiger partial charge on any atom is -0.508 e. The van der Waals surface area contributed by atoms with Crippen LogP contribution < -0.4 is 10.6 Å². The number of carbonyl (C=O) groups excluding carboxylic acids is 3. The molecule has 0 spiro atoms. The molecule has 2 atom stereocenters. The third-order valence-electron chi connectivity index (χ3n) is 7.28. The maximum Gasteiger partial charge on any atom is 0.408 e. The predicted molar refractivity (Wildman–Crippen MR) is 160 cm³/mol. The monoisotopic (exact) mass is 565 g/mol. The van der Waals surface area contributed by atoms with Crippen LogP contribution in [0.2, 0.25) is 0 Å². The maximum atomic E-state index is 14.4. The maximum absolute atomic E-state index is 14.4. The van der Waals surface area contributed by atoms with Gasteiger partial charge in [-0.25, -0.2) is 4.79 Å². The van der Waals surface area contributed by atoms with Crippen LogP contribution in [0.3, 0.4) is 0 Å². The molecule has 41 heavy (non-hydrogen) atoms. The van der Waals surface area contributed by atoms with Crippen LogP contribution in [0.5, 0.6) is 5.75 Å². The van der Waals surface area contributed by atoms with Crippen LogP contribution in [0, 0.1) is 0 Å². The molecule has 3 amide bonds. The summed E-state index contributed by atoms with van der Waals surface area (Å²) in [6.45, 7) is 7.75. The highest BCUT2D eigenvalue weighted by molar-refractivity contribution is 5.92. The van der Waals surface area contributed by atoms with Gasteiger partial charge < -0.3 is 25.4 Å². The summed E-state index contributed by atoms with van der Waals surface area (Å²) in [4.78, 5) is 42.9. The van der Waals surface area contributed by atoms with Gasteiger partial charge in [0.1, 0.15) is 23.4 Å². The summed E-state index contributed by atoms with van der Waals surface area (Å²) in [6, 6.07) is 14.1. The van der Waals surface area contributed by atoms with E-state index in [1.54, 1.807) is 37.8 Å². The Balaban J connectivity index is 2.00. The zero-order valence-corrected chi connectivity index (χ0v) is 25.0. The molecule has 1 aliphatic rings. The molecule has 0 aromatic heterocycles. The van der Waals surface area contributed by atoms with Gasteiger partial charge in [-0.1, -0.05) is 81.5 Å². The molecule has 3 N–H and O–H groups in total. The highest BCUT2D eigenvalue weighted by Gasteiger charge is 2.37. The van der Waals surface area contributed by atoms with Crippen LogP contribution in [0.25, 0.3) is 0 Å². The van der Waals surface area contributed by atoms with Crippen molar-refractivity contribution < 1.29 is 24.2 Å². The first-order valence-corrected chi connectivity index (χ1v) is 15.0. The van der Waals surface area contributed by atoms with Crippen LogP contribution in [-0.2, 0) is 20.7 Å². The highest BCUT2D eigenvalue weighted by Crippen LogP contribution is 2.27. The lowest BCUT2D eigenvalue weighted by atomic mass is 9.94. The number of nitrogens with one attached hydrogen (secondary N) is 2. The molecule has 1 saturated carbocycles. The summed E-state index contributed by atoms with van der Waals surface area (Å²) < 4.78 is 5.51. The number of benzene rings is 2. The number of aromatic hydroxyl groups is 1. The zero-order chi connectivity index (χ0) is 29.8. The van der Waals surface area contributed by atoms with Crippen LogP contribution in [-0.4, -0.2) is 52.1 Å². The van der Waals surface area contributed by atoms with Crippen molar-refractivity contribution in [3.8, 4) is 5.75 Å².